The van der Waals surface area contributed by atoms with Crippen LogP contribution in [0.4, 0.5) is 0 Å². The minimum Gasteiger partial charge on any atom is -0.473 e. The summed E-state index contributed by atoms with van der Waals surface area (Å²) in [7, 11) is 1.38. The minimum absolute atomic E-state index is 0.0285. The van der Waals surface area contributed by atoms with E-state index in [1.54, 1.807) is 22.5 Å². The predicted molar refractivity (Wildman–Crippen MR) is 212 cm³/mol. The molecule has 16 heteroatoms. The second-order valence-corrected chi connectivity index (χ2v) is 16.4. The van der Waals surface area contributed by atoms with Crippen molar-refractivity contribution in [3.8, 4) is 23.0 Å². The van der Waals surface area contributed by atoms with Gasteiger partial charge in [0.05, 0.1) is 61.4 Å². The molecule has 53 heavy (non-hydrogen) atoms. The Labute approximate surface area is 326 Å². The highest BCUT2D eigenvalue weighted by atomic mass is 127. The molecule has 2 aliphatic heterocycles. The topological polar surface area (TPSA) is 136 Å². The fourth-order valence-corrected chi connectivity index (χ4v) is 7.28. The Hall–Kier alpha value is -3.03. The number of rotatable bonds is 14. The molecule has 2 saturated heterocycles. The highest BCUT2D eigenvalue weighted by Gasteiger charge is 2.50. The molecule has 4 aromatic rings. The summed E-state index contributed by atoms with van der Waals surface area (Å²) < 4.78 is 37.4. The average molecular weight is 845 g/mol. The highest BCUT2D eigenvalue weighted by Crippen LogP contribution is 2.38. The number of aromatic nitrogens is 7. The predicted octanol–water partition coefficient (Wildman–Crippen LogP) is 6.56. The third-order valence-electron chi connectivity index (χ3n) is 10.2. The smallest absolute Gasteiger partial charge is 0.473 e. The fraction of sp³-hybridized carbons (Fsp3) is 0.622. The van der Waals surface area contributed by atoms with Gasteiger partial charge in [0.25, 0.3) is 0 Å². The van der Waals surface area contributed by atoms with Crippen LogP contribution < -0.4 is 9.47 Å². The van der Waals surface area contributed by atoms with Gasteiger partial charge in [-0.05, 0) is 116 Å². The molecule has 6 heterocycles. The SMILES string of the molecule is CCN(Cc1c(I)c(OC(C)C)nn1C(C)O)CC(C)Oc1c(-c2cc3c(/C=C/B4OC(C)(C)C(C)(C)O4)nn(C4CCCCO4)c3cn2)cnn1C. The minimum atomic E-state index is -0.792. The number of halogens is 1. The lowest BCUT2D eigenvalue weighted by atomic mass is 9.89. The first-order valence-corrected chi connectivity index (χ1v) is 19.7. The number of aliphatic hydroxyl groups is 1. The Bertz CT molecular complexity index is 1900. The first kappa shape index (κ1) is 39.7. The summed E-state index contributed by atoms with van der Waals surface area (Å²) in [6, 6.07) is 2.05. The summed E-state index contributed by atoms with van der Waals surface area (Å²) >= 11 is 2.26. The summed E-state index contributed by atoms with van der Waals surface area (Å²) in [4.78, 5) is 7.18. The van der Waals surface area contributed by atoms with E-state index in [0.717, 1.165) is 62.9 Å². The van der Waals surface area contributed by atoms with E-state index in [1.165, 1.54) is 0 Å². The number of pyridine rings is 1. The van der Waals surface area contributed by atoms with Crippen LogP contribution in [0.15, 0.2) is 24.4 Å². The van der Waals surface area contributed by atoms with Gasteiger partial charge in [-0.15, -0.1) is 5.10 Å². The molecule has 4 aromatic heterocycles. The average Bonchev–Trinajstić information content (AvgIpc) is 3.80. The molecular formula is C37H54BIN8O6. The Morgan fingerprint density at radius 1 is 1.09 bits per heavy atom. The summed E-state index contributed by atoms with van der Waals surface area (Å²) in [6.45, 7) is 20.6. The number of nitrogens with zero attached hydrogens (tertiary/aromatic N) is 8. The number of ether oxygens (including phenoxy) is 3. The van der Waals surface area contributed by atoms with Gasteiger partial charge in [0.15, 0.2) is 6.23 Å². The molecule has 0 bridgehead atoms. The third-order valence-corrected chi connectivity index (χ3v) is 11.2. The van der Waals surface area contributed by atoms with Crippen molar-refractivity contribution in [1.82, 2.24) is 39.2 Å². The number of likely N-dealkylation sites (N-methyl/N-ethyl adjacent to an activating group) is 1. The van der Waals surface area contributed by atoms with Crippen molar-refractivity contribution in [3.05, 3.63) is 39.4 Å². The van der Waals surface area contributed by atoms with Crippen molar-refractivity contribution in [2.45, 2.75) is 124 Å². The van der Waals surface area contributed by atoms with Crippen molar-refractivity contribution < 1.29 is 28.6 Å². The number of aliphatic hydroxyl groups excluding tert-OH is 1. The number of hydrogen-bond acceptors (Lipinski definition) is 11. The Morgan fingerprint density at radius 3 is 2.47 bits per heavy atom. The molecule has 3 unspecified atom stereocenters. The van der Waals surface area contributed by atoms with Crippen LogP contribution in [0.25, 0.3) is 28.2 Å². The van der Waals surface area contributed by atoms with Gasteiger partial charge in [-0.25, -0.2) is 14.0 Å². The van der Waals surface area contributed by atoms with Gasteiger partial charge in [0.2, 0.25) is 11.8 Å². The van der Waals surface area contributed by atoms with Crippen LogP contribution in [-0.4, -0.2) is 94.6 Å². The highest BCUT2D eigenvalue weighted by molar-refractivity contribution is 14.1. The summed E-state index contributed by atoms with van der Waals surface area (Å²) in [5, 5.41) is 25.6. The zero-order valence-electron chi connectivity index (χ0n) is 32.7. The molecule has 288 valence electrons. The van der Waals surface area contributed by atoms with Crippen LogP contribution in [0.3, 0.4) is 0 Å². The van der Waals surface area contributed by atoms with Crippen LogP contribution >= 0.6 is 22.6 Å². The molecule has 3 atom stereocenters. The molecule has 2 fully saturated rings. The third kappa shape index (κ3) is 8.47. The fourth-order valence-electron chi connectivity index (χ4n) is 6.63. The Kier molecular flexibility index (Phi) is 12.0. The quantitative estimate of drug-likeness (QED) is 0.109. The number of hydrogen-bond donors (Lipinski definition) is 1. The van der Waals surface area contributed by atoms with E-state index >= 15 is 0 Å². The lowest BCUT2D eigenvalue weighted by molar-refractivity contribution is -0.0367. The molecular weight excluding hydrogens is 790 g/mol. The molecule has 2 aliphatic rings. The zero-order valence-corrected chi connectivity index (χ0v) is 34.8. The monoisotopic (exact) mass is 844 g/mol. The van der Waals surface area contributed by atoms with E-state index in [0.29, 0.717) is 31.5 Å². The van der Waals surface area contributed by atoms with Gasteiger partial charge in [-0.3, -0.25) is 9.88 Å². The zero-order chi connectivity index (χ0) is 38.2. The normalized spacial score (nSPS) is 20.0. The molecule has 1 N–H and O–H groups in total. The van der Waals surface area contributed by atoms with Gasteiger partial charge in [0.1, 0.15) is 12.3 Å². The molecule has 0 spiro atoms. The van der Waals surface area contributed by atoms with E-state index in [4.69, 9.17) is 33.6 Å². The molecule has 0 aromatic carbocycles. The van der Waals surface area contributed by atoms with Crippen LogP contribution in [0.1, 0.15) is 105 Å². The van der Waals surface area contributed by atoms with Gasteiger partial charge in [0, 0.05) is 32.1 Å². The molecule has 0 saturated carbocycles. The van der Waals surface area contributed by atoms with E-state index in [-0.39, 0.29) is 18.4 Å². The van der Waals surface area contributed by atoms with Crippen molar-refractivity contribution >= 4 is 46.7 Å². The van der Waals surface area contributed by atoms with E-state index < -0.39 is 24.5 Å². The van der Waals surface area contributed by atoms with Gasteiger partial charge in [-0.2, -0.15) is 10.2 Å². The number of aryl methyl sites for hydroxylation is 1. The van der Waals surface area contributed by atoms with E-state index in [9.17, 15) is 5.11 Å². The van der Waals surface area contributed by atoms with Crippen molar-refractivity contribution in [3.63, 3.8) is 0 Å². The molecule has 0 amide bonds. The summed E-state index contributed by atoms with van der Waals surface area (Å²) in [5.74, 6) is 3.08. The standard InChI is InChI=1S/C37H54BIN8O6/c1-11-45(22-31-33(39)34(50-23(2)3)43-46(31)25(5)48)21-24(4)51-35-27(19-41-44(35)10)29-18-26-28(15-16-38-52-36(6,7)37(8,9)53-38)42-47(30(26)20-40-29)32-14-12-13-17-49-32/h15-16,18-20,23-25,32,48H,11-14,17,21-22H2,1-10H3/b16-15+. The maximum atomic E-state index is 10.5. The molecule has 14 nitrogen and oxygen atoms in total. The van der Waals surface area contributed by atoms with Crippen LogP contribution in [0.5, 0.6) is 11.8 Å². The Morgan fingerprint density at radius 2 is 1.83 bits per heavy atom. The van der Waals surface area contributed by atoms with Crippen molar-refractivity contribution in [2.24, 2.45) is 7.05 Å². The van der Waals surface area contributed by atoms with Crippen LogP contribution in [0.2, 0.25) is 0 Å². The summed E-state index contributed by atoms with van der Waals surface area (Å²) in [5.41, 5.74) is 3.19. The number of fused-ring (bicyclic) bond motifs is 1. The van der Waals surface area contributed by atoms with Gasteiger partial charge in [-0.1, -0.05) is 12.9 Å². The Balaban J connectivity index is 1.26. The second kappa shape index (κ2) is 16.0. The van der Waals surface area contributed by atoms with E-state index in [2.05, 4.69) is 50.7 Å². The first-order valence-electron chi connectivity index (χ1n) is 18.6. The maximum absolute atomic E-state index is 10.5. The second-order valence-electron chi connectivity index (χ2n) is 15.3. The summed E-state index contributed by atoms with van der Waals surface area (Å²) in [6.07, 6.45) is 7.46. The van der Waals surface area contributed by atoms with Crippen molar-refractivity contribution in [1.29, 1.82) is 0 Å². The van der Waals surface area contributed by atoms with Crippen LogP contribution in [-0.2, 0) is 27.6 Å². The lowest BCUT2D eigenvalue weighted by Gasteiger charge is -2.32. The van der Waals surface area contributed by atoms with Gasteiger partial charge < -0.3 is 28.6 Å². The van der Waals surface area contributed by atoms with Crippen LogP contribution in [0, 0.1) is 3.57 Å². The molecule has 6 rings (SSSR count). The first-order chi connectivity index (χ1) is 25.1. The lowest BCUT2D eigenvalue weighted by Crippen LogP contribution is -2.41. The van der Waals surface area contributed by atoms with Crippen molar-refractivity contribution in [2.75, 3.05) is 19.7 Å². The van der Waals surface area contributed by atoms with E-state index in [1.807, 2.05) is 78.4 Å². The maximum Gasteiger partial charge on any atom is 0.487 e. The largest absolute Gasteiger partial charge is 0.487 e. The molecule has 0 aliphatic carbocycles. The van der Waals surface area contributed by atoms with Gasteiger partial charge >= 0.3 is 7.12 Å². The molecule has 0 radical (unpaired) electrons.